The Labute approximate surface area is 467 Å². The van der Waals surface area contributed by atoms with Crippen LogP contribution in [0.1, 0.15) is 207 Å². The van der Waals surface area contributed by atoms with E-state index in [9.17, 15) is 35.1 Å². The average molecular weight is 1070 g/mol. The fourth-order valence-electron chi connectivity index (χ4n) is 8.43. The number of aliphatic hydroxyl groups is 5. The van der Waals surface area contributed by atoms with Gasteiger partial charge in [-0.1, -0.05) is 238 Å². The van der Waals surface area contributed by atoms with Gasteiger partial charge in [-0.25, -0.2) is 0 Å². The van der Waals surface area contributed by atoms with Gasteiger partial charge in [-0.05, 0) is 96.3 Å². The van der Waals surface area contributed by atoms with E-state index in [4.69, 9.17) is 14.2 Å². The molecule has 0 radical (unpaired) electrons. The molecule has 0 bridgehead atoms. The summed E-state index contributed by atoms with van der Waals surface area (Å²) in [4.78, 5) is 26.5. The second-order valence-corrected chi connectivity index (χ2v) is 20.1. The standard InChI is InChI=1S/C66H107NO10/c1-4-7-10-13-16-19-22-25-26-27-28-29-30-31-32-33-36-38-41-44-47-50-53-59(70)65(74)67-57(58(69)52-49-46-43-40-37-34-23-20-17-14-11-8-5-2)56-75-66-64(63(73)62(72)60(55-68)76-66)77-61(71)54-51-48-45-42-39-35-24-21-18-15-12-9-6-3/h7,9-10,12,15-16,18-19,21,24-26,28-29,31-32,35-36,38-39,49,52,57-60,62-64,66,68-70,72-73H,4-6,8,11,13-14,17,20,22-23,27,30,33-34,37,40-48,50-51,53-56H2,1-3H3,(H,67,74)/b10-7-,12-9+,18-15+,19-16-,24-21-,26-25-,29-28-,32-31-,38-36-,39-35-,52-49+. The van der Waals surface area contributed by atoms with Crippen molar-refractivity contribution in [3.63, 3.8) is 0 Å². The summed E-state index contributed by atoms with van der Waals surface area (Å²) in [6.07, 6.45) is 63.5. The highest BCUT2D eigenvalue weighted by Gasteiger charge is 2.47. The number of amides is 1. The van der Waals surface area contributed by atoms with Crippen LogP contribution in [0, 0.1) is 0 Å². The van der Waals surface area contributed by atoms with Crippen molar-refractivity contribution < 1.29 is 49.3 Å². The summed E-state index contributed by atoms with van der Waals surface area (Å²) < 4.78 is 17.5. The van der Waals surface area contributed by atoms with E-state index in [1.807, 2.05) is 42.5 Å². The molecule has 0 spiro atoms. The minimum absolute atomic E-state index is 0.0663. The minimum Gasteiger partial charge on any atom is -0.454 e. The molecule has 1 saturated heterocycles. The Balaban J connectivity index is 2.75. The lowest BCUT2D eigenvalue weighted by Crippen LogP contribution is -2.61. The van der Waals surface area contributed by atoms with Crippen molar-refractivity contribution in [2.75, 3.05) is 13.2 Å². The number of ether oxygens (including phenoxy) is 3. The van der Waals surface area contributed by atoms with Gasteiger partial charge in [0.15, 0.2) is 12.4 Å². The highest BCUT2D eigenvalue weighted by molar-refractivity contribution is 5.80. The molecule has 1 aliphatic rings. The van der Waals surface area contributed by atoms with Crippen LogP contribution in [0.5, 0.6) is 0 Å². The Bertz CT molecular complexity index is 1760. The maximum Gasteiger partial charge on any atom is 0.306 e. The van der Waals surface area contributed by atoms with Crippen LogP contribution >= 0.6 is 0 Å². The number of rotatable bonds is 48. The first-order valence-corrected chi connectivity index (χ1v) is 30.0. The maximum atomic E-state index is 13.4. The molecule has 436 valence electrons. The number of carbonyl (C=O) groups excluding carboxylic acids is 2. The van der Waals surface area contributed by atoms with E-state index < -0.39 is 67.4 Å². The smallest absolute Gasteiger partial charge is 0.306 e. The lowest BCUT2D eigenvalue weighted by atomic mass is 9.99. The van der Waals surface area contributed by atoms with Crippen molar-refractivity contribution in [3.05, 3.63) is 134 Å². The van der Waals surface area contributed by atoms with Crippen molar-refractivity contribution in [2.24, 2.45) is 0 Å². The monoisotopic (exact) mass is 1070 g/mol. The number of allylic oxidation sites excluding steroid dienone is 21. The van der Waals surface area contributed by atoms with Gasteiger partial charge in [0.25, 0.3) is 0 Å². The van der Waals surface area contributed by atoms with Gasteiger partial charge in [0.05, 0.1) is 25.4 Å². The van der Waals surface area contributed by atoms with E-state index in [0.29, 0.717) is 12.8 Å². The zero-order chi connectivity index (χ0) is 56.1. The quantitative estimate of drug-likeness (QED) is 0.0149. The van der Waals surface area contributed by atoms with Crippen LogP contribution in [0.15, 0.2) is 134 Å². The Morgan fingerprint density at radius 1 is 0.532 bits per heavy atom. The lowest BCUT2D eigenvalue weighted by molar-refractivity contribution is -0.305. The summed E-state index contributed by atoms with van der Waals surface area (Å²) in [6.45, 7) is 5.47. The third-order valence-electron chi connectivity index (χ3n) is 13.1. The predicted octanol–water partition coefficient (Wildman–Crippen LogP) is 14.1. The van der Waals surface area contributed by atoms with Gasteiger partial charge in [0, 0.05) is 6.42 Å². The third-order valence-corrected chi connectivity index (χ3v) is 13.1. The second-order valence-electron chi connectivity index (χ2n) is 20.1. The van der Waals surface area contributed by atoms with Crippen molar-refractivity contribution in [1.82, 2.24) is 5.32 Å². The Hall–Kier alpha value is -4.20. The van der Waals surface area contributed by atoms with E-state index in [1.54, 1.807) is 6.08 Å². The van der Waals surface area contributed by atoms with Crippen molar-refractivity contribution >= 4 is 11.9 Å². The Morgan fingerprint density at radius 2 is 1.00 bits per heavy atom. The summed E-state index contributed by atoms with van der Waals surface area (Å²) in [5, 5.41) is 56.9. The predicted molar refractivity (Wildman–Crippen MR) is 319 cm³/mol. The highest BCUT2D eigenvalue weighted by atomic mass is 16.7. The summed E-state index contributed by atoms with van der Waals surface area (Å²) >= 11 is 0. The summed E-state index contributed by atoms with van der Waals surface area (Å²) in [7, 11) is 0. The molecule has 1 fully saturated rings. The molecule has 11 nitrogen and oxygen atoms in total. The molecular weight excluding hydrogens is 967 g/mol. The van der Waals surface area contributed by atoms with Crippen LogP contribution in [-0.2, 0) is 23.8 Å². The molecule has 0 aliphatic carbocycles. The van der Waals surface area contributed by atoms with E-state index in [0.717, 1.165) is 109 Å². The van der Waals surface area contributed by atoms with Crippen LogP contribution in [0.3, 0.4) is 0 Å². The fourth-order valence-corrected chi connectivity index (χ4v) is 8.43. The number of carbonyl (C=O) groups is 2. The first-order valence-electron chi connectivity index (χ1n) is 30.0. The van der Waals surface area contributed by atoms with Crippen LogP contribution in [0.2, 0.25) is 0 Å². The van der Waals surface area contributed by atoms with E-state index in [2.05, 4.69) is 111 Å². The zero-order valence-corrected chi connectivity index (χ0v) is 48.0. The molecule has 1 amide bonds. The van der Waals surface area contributed by atoms with Crippen molar-refractivity contribution in [2.45, 2.75) is 256 Å². The number of unbranched alkanes of at least 4 members (excludes halogenated alkanes) is 17. The van der Waals surface area contributed by atoms with Crippen LogP contribution in [0.4, 0.5) is 0 Å². The number of esters is 1. The number of hydrogen-bond donors (Lipinski definition) is 6. The van der Waals surface area contributed by atoms with Gasteiger partial charge in [0.1, 0.15) is 24.4 Å². The molecule has 8 unspecified atom stereocenters. The molecular formula is C66H107NO10. The van der Waals surface area contributed by atoms with E-state index in [-0.39, 0.29) is 19.4 Å². The molecule has 1 rings (SSSR count). The normalized spacial score (nSPS) is 20.0. The van der Waals surface area contributed by atoms with Gasteiger partial charge >= 0.3 is 5.97 Å². The SMILES string of the molecule is CC/C=C\C/C=C\C/C=C\C/C=C\C/C=C\C/C=C\CCCCCC(O)C(=O)NC(COC1OC(CO)C(O)C(O)C1OC(=O)CCCCC\C=C/C=C\C=C\C=C\CC)C(O)/C=C/CCCCCCCCCCCCC. The van der Waals surface area contributed by atoms with Gasteiger partial charge in [0.2, 0.25) is 5.91 Å². The van der Waals surface area contributed by atoms with E-state index >= 15 is 0 Å². The topological polar surface area (TPSA) is 175 Å². The van der Waals surface area contributed by atoms with Gasteiger partial charge < -0.3 is 45.1 Å². The molecule has 77 heavy (non-hydrogen) atoms. The Morgan fingerprint density at radius 3 is 1.56 bits per heavy atom. The molecule has 1 heterocycles. The van der Waals surface area contributed by atoms with Crippen molar-refractivity contribution in [3.8, 4) is 0 Å². The molecule has 0 aromatic carbocycles. The number of aliphatic hydroxyl groups excluding tert-OH is 5. The van der Waals surface area contributed by atoms with Crippen molar-refractivity contribution in [1.29, 1.82) is 0 Å². The summed E-state index contributed by atoms with van der Waals surface area (Å²) in [6, 6.07) is -1.06. The summed E-state index contributed by atoms with van der Waals surface area (Å²) in [5.41, 5.74) is 0. The Kier molecular flexibility index (Phi) is 48.3. The molecule has 6 N–H and O–H groups in total. The van der Waals surface area contributed by atoms with E-state index in [1.165, 1.54) is 51.4 Å². The zero-order valence-electron chi connectivity index (χ0n) is 48.0. The minimum atomic E-state index is -1.64. The molecule has 0 aromatic heterocycles. The van der Waals surface area contributed by atoms with Crippen LogP contribution in [-0.4, -0.2) is 99.6 Å². The third kappa shape index (κ3) is 40.6. The largest absolute Gasteiger partial charge is 0.454 e. The first-order chi connectivity index (χ1) is 37.7. The molecule has 8 atom stereocenters. The van der Waals surface area contributed by atoms with Crippen LogP contribution < -0.4 is 5.32 Å². The summed E-state index contributed by atoms with van der Waals surface area (Å²) in [5.74, 6) is -1.27. The second kappa shape index (κ2) is 52.5. The molecule has 0 aromatic rings. The molecule has 0 saturated carbocycles. The van der Waals surface area contributed by atoms with Gasteiger partial charge in [-0.15, -0.1) is 0 Å². The molecule has 1 aliphatic heterocycles. The fraction of sp³-hybridized carbons (Fsp3) is 0.636. The van der Waals surface area contributed by atoms with Crippen LogP contribution in [0.25, 0.3) is 0 Å². The van der Waals surface area contributed by atoms with Gasteiger partial charge in [-0.2, -0.15) is 0 Å². The van der Waals surface area contributed by atoms with Gasteiger partial charge in [-0.3, -0.25) is 9.59 Å². The lowest BCUT2D eigenvalue weighted by Gasteiger charge is -2.41. The number of nitrogens with one attached hydrogen (secondary N) is 1. The maximum absolute atomic E-state index is 13.4. The molecule has 11 heteroatoms. The average Bonchev–Trinajstić information content (AvgIpc) is 3.43. The highest BCUT2D eigenvalue weighted by Crippen LogP contribution is 2.26. The number of hydrogen-bond acceptors (Lipinski definition) is 10. The first kappa shape index (κ1) is 70.8.